The van der Waals surface area contributed by atoms with Gasteiger partial charge in [0.25, 0.3) is 0 Å². The van der Waals surface area contributed by atoms with Crippen LogP contribution in [0.1, 0.15) is 0 Å². The second kappa shape index (κ2) is 4.48. The Morgan fingerprint density at radius 1 is 1.54 bits per heavy atom. The predicted molar refractivity (Wildman–Crippen MR) is 57.2 cm³/mol. The predicted octanol–water partition coefficient (Wildman–Crippen LogP) is 2.85. The molecule has 0 heterocycles. The maximum Gasteiger partial charge on any atom is 0.319 e. The van der Waals surface area contributed by atoms with Gasteiger partial charge < -0.3 is 10.6 Å². The van der Waals surface area contributed by atoms with Crippen LogP contribution in [-0.4, -0.2) is 13.1 Å². The Morgan fingerprint density at radius 2 is 2.23 bits per heavy atom. The molecule has 1 aromatic rings. The molecule has 0 fully saturated rings. The van der Waals surface area contributed by atoms with Crippen molar-refractivity contribution in [1.82, 2.24) is 5.32 Å². The zero-order chi connectivity index (χ0) is 9.84. The van der Waals surface area contributed by atoms with Crippen LogP contribution in [0.25, 0.3) is 0 Å². The maximum atomic E-state index is 11.0. The van der Waals surface area contributed by atoms with Crippen molar-refractivity contribution in [2.75, 3.05) is 12.4 Å². The molecule has 0 aliphatic carbocycles. The SMILES string of the molecule is CNC(=O)Nc1cc(Cl)ccc1Br. The monoisotopic (exact) mass is 262 g/mol. The highest BCUT2D eigenvalue weighted by Crippen LogP contribution is 2.25. The van der Waals surface area contributed by atoms with E-state index in [1.807, 2.05) is 0 Å². The molecular weight excluding hydrogens is 255 g/mol. The minimum Gasteiger partial charge on any atom is -0.341 e. The van der Waals surface area contributed by atoms with E-state index in [2.05, 4.69) is 26.6 Å². The molecule has 0 radical (unpaired) electrons. The van der Waals surface area contributed by atoms with Gasteiger partial charge in [-0.3, -0.25) is 0 Å². The molecule has 1 rings (SSSR count). The minimum absolute atomic E-state index is 0.275. The van der Waals surface area contributed by atoms with Crippen molar-refractivity contribution in [3.63, 3.8) is 0 Å². The Hall–Kier alpha value is -0.740. The first-order valence-corrected chi connectivity index (χ1v) is 4.74. The smallest absolute Gasteiger partial charge is 0.319 e. The Balaban J connectivity index is 2.87. The van der Waals surface area contributed by atoms with Gasteiger partial charge in [-0.1, -0.05) is 11.6 Å². The summed E-state index contributed by atoms with van der Waals surface area (Å²) >= 11 is 9.04. The van der Waals surface area contributed by atoms with Gasteiger partial charge in [0.15, 0.2) is 0 Å². The summed E-state index contributed by atoms with van der Waals surface area (Å²) in [6, 6.07) is 4.90. The number of urea groups is 1. The van der Waals surface area contributed by atoms with Gasteiger partial charge in [0.05, 0.1) is 5.69 Å². The summed E-state index contributed by atoms with van der Waals surface area (Å²) in [6.45, 7) is 0. The number of carbonyl (C=O) groups excluding carboxylic acids is 1. The normalized spacial score (nSPS) is 9.46. The molecule has 2 N–H and O–H groups in total. The fourth-order valence-electron chi connectivity index (χ4n) is 0.778. The van der Waals surface area contributed by atoms with Crippen LogP contribution in [0, 0.1) is 0 Å². The van der Waals surface area contributed by atoms with Crippen LogP contribution in [0.4, 0.5) is 10.5 Å². The Morgan fingerprint density at radius 3 is 2.85 bits per heavy atom. The van der Waals surface area contributed by atoms with E-state index in [1.165, 1.54) is 0 Å². The lowest BCUT2D eigenvalue weighted by molar-refractivity contribution is 0.254. The number of rotatable bonds is 1. The highest BCUT2D eigenvalue weighted by Gasteiger charge is 2.03. The molecule has 0 unspecified atom stereocenters. The number of benzene rings is 1. The van der Waals surface area contributed by atoms with Crippen LogP contribution < -0.4 is 10.6 Å². The maximum absolute atomic E-state index is 11.0. The van der Waals surface area contributed by atoms with Gasteiger partial charge in [-0.15, -0.1) is 0 Å². The van der Waals surface area contributed by atoms with Gasteiger partial charge >= 0.3 is 6.03 Å². The van der Waals surface area contributed by atoms with Gasteiger partial charge in [0.1, 0.15) is 0 Å². The molecule has 0 atom stereocenters. The van der Waals surface area contributed by atoms with Crippen molar-refractivity contribution < 1.29 is 4.79 Å². The Labute approximate surface area is 89.6 Å². The molecule has 0 aliphatic rings. The number of nitrogens with one attached hydrogen (secondary N) is 2. The summed E-state index contributed by atoms with van der Waals surface area (Å²) in [4.78, 5) is 11.0. The van der Waals surface area contributed by atoms with Crippen molar-refractivity contribution >= 4 is 39.2 Å². The second-order valence-corrected chi connectivity index (χ2v) is 3.62. The highest BCUT2D eigenvalue weighted by molar-refractivity contribution is 9.10. The number of carbonyl (C=O) groups is 1. The lowest BCUT2D eigenvalue weighted by atomic mass is 10.3. The van der Waals surface area contributed by atoms with Crippen LogP contribution >= 0.6 is 27.5 Å². The number of hydrogen-bond donors (Lipinski definition) is 2. The summed E-state index contributed by atoms with van der Waals surface area (Å²) in [7, 11) is 1.55. The van der Waals surface area contributed by atoms with E-state index >= 15 is 0 Å². The molecule has 0 saturated heterocycles. The lowest BCUT2D eigenvalue weighted by Gasteiger charge is -2.06. The topological polar surface area (TPSA) is 41.1 Å². The van der Waals surface area contributed by atoms with Crippen molar-refractivity contribution in [2.24, 2.45) is 0 Å². The van der Waals surface area contributed by atoms with Gasteiger partial charge in [-0.2, -0.15) is 0 Å². The molecule has 2 amide bonds. The zero-order valence-corrected chi connectivity index (χ0v) is 9.24. The van der Waals surface area contributed by atoms with Crippen LogP contribution in [0.5, 0.6) is 0 Å². The van der Waals surface area contributed by atoms with Crippen molar-refractivity contribution in [3.05, 3.63) is 27.7 Å². The third-order valence-electron chi connectivity index (χ3n) is 1.40. The van der Waals surface area contributed by atoms with E-state index in [0.717, 1.165) is 4.47 Å². The molecular formula is C8H8BrClN2O. The van der Waals surface area contributed by atoms with Gasteiger partial charge in [0.2, 0.25) is 0 Å². The van der Waals surface area contributed by atoms with Crippen molar-refractivity contribution in [3.8, 4) is 0 Å². The summed E-state index contributed by atoms with van der Waals surface area (Å²) in [5, 5.41) is 5.64. The van der Waals surface area contributed by atoms with Crippen molar-refractivity contribution in [1.29, 1.82) is 0 Å². The number of anilines is 1. The number of hydrogen-bond acceptors (Lipinski definition) is 1. The van der Waals surface area contributed by atoms with E-state index in [-0.39, 0.29) is 6.03 Å². The number of amides is 2. The lowest BCUT2D eigenvalue weighted by Crippen LogP contribution is -2.24. The quantitative estimate of drug-likeness (QED) is 0.804. The molecule has 1 aromatic carbocycles. The second-order valence-electron chi connectivity index (χ2n) is 2.33. The average Bonchev–Trinajstić information content (AvgIpc) is 2.11. The fourth-order valence-corrected chi connectivity index (χ4v) is 1.30. The molecule has 0 aliphatic heterocycles. The summed E-state index contributed by atoms with van der Waals surface area (Å²) in [5.41, 5.74) is 0.645. The van der Waals surface area contributed by atoms with Gasteiger partial charge in [-0.05, 0) is 34.1 Å². The first kappa shape index (κ1) is 10.3. The zero-order valence-electron chi connectivity index (χ0n) is 6.90. The Bertz CT molecular complexity index is 330. The third-order valence-corrected chi connectivity index (χ3v) is 2.33. The average molecular weight is 264 g/mol. The van der Waals surface area contributed by atoms with E-state index in [0.29, 0.717) is 10.7 Å². The summed E-state index contributed by atoms with van der Waals surface area (Å²) in [5.74, 6) is 0. The molecule has 0 spiro atoms. The van der Waals surface area contributed by atoms with Crippen LogP contribution in [0.15, 0.2) is 22.7 Å². The van der Waals surface area contributed by atoms with E-state index in [4.69, 9.17) is 11.6 Å². The van der Waals surface area contributed by atoms with E-state index in [1.54, 1.807) is 25.2 Å². The molecule has 13 heavy (non-hydrogen) atoms. The fraction of sp³-hybridized carbons (Fsp3) is 0.125. The molecule has 0 bridgehead atoms. The third kappa shape index (κ3) is 2.90. The van der Waals surface area contributed by atoms with Crippen molar-refractivity contribution in [2.45, 2.75) is 0 Å². The Kier molecular flexibility index (Phi) is 3.57. The standard InChI is InChI=1S/C8H8BrClN2O/c1-11-8(13)12-7-4-5(10)2-3-6(7)9/h2-4H,1H3,(H2,11,12,13). The van der Waals surface area contributed by atoms with Crippen LogP contribution in [-0.2, 0) is 0 Å². The molecule has 70 valence electrons. The van der Waals surface area contributed by atoms with Gasteiger partial charge in [-0.25, -0.2) is 4.79 Å². The highest BCUT2D eigenvalue weighted by atomic mass is 79.9. The van der Waals surface area contributed by atoms with Gasteiger partial charge in [0, 0.05) is 16.5 Å². The molecule has 0 saturated carbocycles. The summed E-state index contributed by atoms with van der Waals surface area (Å²) < 4.78 is 0.792. The number of halogens is 2. The van der Waals surface area contributed by atoms with Crippen LogP contribution in [0.2, 0.25) is 5.02 Å². The molecule has 0 aromatic heterocycles. The molecule has 5 heteroatoms. The molecule has 3 nitrogen and oxygen atoms in total. The first-order valence-electron chi connectivity index (χ1n) is 3.57. The minimum atomic E-state index is -0.275. The van der Waals surface area contributed by atoms with E-state index < -0.39 is 0 Å². The van der Waals surface area contributed by atoms with Crippen LogP contribution in [0.3, 0.4) is 0 Å². The largest absolute Gasteiger partial charge is 0.341 e. The first-order chi connectivity index (χ1) is 6.13. The van der Waals surface area contributed by atoms with E-state index in [9.17, 15) is 4.79 Å². The summed E-state index contributed by atoms with van der Waals surface area (Å²) in [6.07, 6.45) is 0.